The van der Waals surface area contributed by atoms with Crippen LogP contribution in [-0.2, 0) is 0 Å². The highest BCUT2D eigenvalue weighted by Gasteiger charge is 2.32. The van der Waals surface area contributed by atoms with Crippen molar-refractivity contribution < 1.29 is 9.53 Å². The maximum Gasteiger partial charge on any atom is 0.257 e. The van der Waals surface area contributed by atoms with E-state index in [0.29, 0.717) is 17.1 Å². The number of anilines is 1. The van der Waals surface area contributed by atoms with Gasteiger partial charge in [-0.15, -0.1) is 0 Å². The summed E-state index contributed by atoms with van der Waals surface area (Å²) < 4.78 is 5.30. The summed E-state index contributed by atoms with van der Waals surface area (Å²) in [6.45, 7) is 2.74. The molecule has 0 radical (unpaired) electrons. The third kappa shape index (κ3) is 2.99. The van der Waals surface area contributed by atoms with E-state index in [9.17, 15) is 4.79 Å². The van der Waals surface area contributed by atoms with Crippen LogP contribution in [0.4, 0.5) is 5.69 Å². The van der Waals surface area contributed by atoms with E-state index < -0.39 is 0 Å². The summed E-state index contributed by atoms with van der Waals surface area (Å²) in [6, 6.07) is 13.1. The number of nitrogens with zero attached hydrogens (tertiary/aromatic N) is 1. The second-order valence-corrected chi connectivity index (χ2v) is 5.95. The van der Waals surface area contributed by atoms with Gasteiger partial charge in [-0.25, -0.2) is 0 Å². The quantitative estimate of drug-likeness (QED) is 0.907. The van der Waals surface area contributed by atoms with Gasteiger partial charge in [0, 0.05) is 11.6 Å². The Bertz CT molecular complexity index is 733. The molecule has 0 bridgehead atoms. The van der Waals surface area contributed by atoms with Gasteiger partial charge in [0.2, 0.25) is 0 Å². The van der Waals surface area contributed by atoms with Crippen molar-refractivity contribution in [2.75, 3.05) is 19.0 Å². The highest BCUT2D eigenvalue weighted by Crippen LogP contribution is 2.35. The minimum absolute atomic E-state index is 0.0186. The first-order valence-electron chi connectivity index (χ1n) is 7.65. The first kappa shape index (κ1) is 15.7. The highest BCUT2D eigenvalue weighted by molar-refractivity contribution is 6.31. The molecule has 0 aliphatic carbocycles. The van der Waals surface area contributed by atoms with E-state index in [4.69, 9.17) is 16.3 Å². The smallest absolute Gasteiger partial charge is 0.257 e. The van der Waals surface area contributed by atoms with Crippen molar-refractivity contribution >= 4 is 23.2 Å². The molecular weight excluding hydrogens is 312 g/mol. The number of carbonyl (C=O) groups excluding carboxylic acids is 1. The number of carbonyl (C=O) groups is 1. The maximum atomic E-state index is 12.9. The second-order valence-electron chi connectivity index (χ2n) is 5.51. The number of nitrogens with one attached hydrogen (secondary N) is 1. The number of ether oxygens (including phenoxy) is 1. The molecule has 23 heavy (non-hydrogen) atoms. The Balaban J connectivity index is 2.05. The van der Waals surface area contributed by atoms with Gasteiger partial charge in [-0.05, 0) is 42.3 Å². The first-order valence-corrected chi connectivity index (χ1v) is 8.03. The molecule has 120 valence electrons. The van der Waals surface area contributed by atoms with Crippen LogP contribution in [0.2, 0.25) is 5.02 Å². The Morgan fingerprint density at radius 2 is 2.09 bits per heavy atom. The topological polar surface area (TPSA) is 41.6 Å². The molecule has 1 N–H and O–H groups in total. The van der Waals surface area contributed by atoms with E-state index in [0.717, 1.165) is 23.4 Å². The van der Waals surface area contributed by atoms with Crippen LogP contribution in [0.25, 0.3) is 0 Å². The fourth-order valence-corrected chi connectivity index (χ4v) is 3.04. The average Bonchev–Trinajstić information content (AvgIpc) is 2.57. The summed E-state index contributed by atoms with van der Waals surface area (Å²) in [7, 11) is 1.64. The van der Waals surface area contributed by atoms with Crippen LogP contribution in [0.5, 0.6) is 5.75 Å². The Morgan fingerprint density at radius 3 is 2.83 bits per heavy atom. The molecule has 5 heteroatoms. The monoisotopic (exact) mass is 330 g/mol. The van der Waals surface area contributed by atoms with Gasteiger partial charge in [0.05, 0.1) is 18.4 Å². The van der Waals surface area contributed by atoms with E-state index in [-0.39, 0.29) is 12.1 Å². The fraction of sp³-hybridized carbons (Fsp3) is 0.278. The molecule has 0 saturated heterocycles. The number of fused-ring (bicyclic) bond motifs is 1. The number of halogens is 1. The average molecular weight is 331 g/mol. The lowest BCUT2D eigenvalue weighted by atomic mass is 10.0. The van der Waals surface area contributed by atoms with E-state index >= 15 is 0 Å². The van der Waals surface area contributed by atoms with Gasteiger partial charge in [0.15, 0.2) is 0 Å². The minimum atomic E-state index is -0.233. The normalized spacial score (nSPS) is 16.7. The Morgan fingerprint density at radius 1 is 1.26 bits per heavy atom. The number of methoxy groups -OCH3 is 1. The molecule has 4 nitrogen and oxygen atoms in total. The lowest BCUT2D eigenvalue weighted by Gasteiger charge is -2.38. The Labute approximate surface area is 141 Å². The van der Waals surface area contributed by atoms with E-state index in [1.165, 1.54) is 0 Å². The molecule has 2 aromatic rings. The summed E-state index contributed by atoms with van der Waals surface area (Å²) in [6.07, 6.45) is 0.653. The zero-order valence-corrected chi connectivity index (χ0v) is 13.9. The summed E-state index contributed by atoms with van der Waals surface area (Å²) in [5.74, 6) is 0.787. The predicted octanol–water partition coefficient (Wildman–Crippen LogP) is 4.33. The zero-order chi connectivity index (χ0) is 16.4. The maximum absolute atomic E-state index is 12.9. The zero-order valence-electron chi connectivity index (χ0n) is 13.2. The van der Waals surface area contributed by atoms with Crippen LogP contribution in [-0.4, -0.2) is 24.5 Å². The van der Waals surface area contributed by atoms with Gasteiger partial charge in [-0.1, -0.05) is 30.7 Å². The number of amides is 1. The van der Waals surface area contributed by atoms with E-state index in [1.54, 1.807) is 25.3 Å². The third-order valence-corrected chi connectivity index (χ3v) is 4.19. The van der Waals surface area contributed by atoms with Crippen molar-refractivity contribution in [1.82, 2.24) is 4.90 Å². The lowest BCUT2D eigenvalue weighted by Crippen LogP contribution is -2.43. The van der Waals surface area contributed by atoms with Gasteiger partial charge in [0.1, 0.15) is 11.9 Å². The van der Waals surface area contributed by atoms with Gasteiger partial charge < -0.3 is 15.0 Å². The van der Waals surface area contributed by atoms with E-state index in [1.807, 2.05) is 29.2 Å². The molecule has 1 unspecified atom stereocenters. The number of benzene rings is 2. The lowest BCUT2D eigenvalue weighted by molar-refractivity contribution is 0.0683. The summed E-state index contributed by atoms with van der Waals surface area (Å²) >= 11 is 6.08. The third-order valence-electron chi connectivity index (χ3n) is 3.95. The van der Waals surface area contributed by atoms with E-state index in [2.05, 4.69) is 12.2 Å². The SMILES string of the molecule is CCCN1C(=O)c2ccc(Cl)cc2NC1c1cccc(OC)c1. The van der Waals surface area contributed by atoms with Crippen molar-refractivity contribution in [1.29, 1.82) is 0 Å². The number of hydrogen-bond donors (Lipinski definition) is 1. The molecule has 1 aliphatic rings. The fourth-order valence-electron chi connectivity index (χ4n) is 2.87. The van der Waals surface area contributed by atoms with Gasteiger partial charge >= 0.3 is 0 Å². The first-order chi connectivity index (χ1) is 11.1. The van der Waals surface area contributed by atoms with Gasteiger partial charge in [-0.2, -0.15) is 0 Å². The summed E-state index contributed by atoms with van der Waals surface area (Å²) in [4.78, 5) is 14.7. The second kappa shape index (κ2) is 6.50. The minimum Gasteiger partial charge on any atom is -0.497 e. The molecule has 2 aromatic carbocycles. The molecule has 1 aliphatic heterocycles. The van der Waals surface area contributed by atoms with Crippen molar-refractivity contribution in [2.45, 2.75) is 19.5 Å². The van der Waals surface area contributed by atoms with Crippen molar-refractivity contribution in [2.24, 2.45) is 0 Å². The predicted molar refractivity (Wildman–Crippen MR) is 92.1 cm³/mol. The van der Waals surface area contributed by atoms with Crippen LogP contribution < -0.4 is 10.1 Å². The molecule has 0 saturated carbocycles. The van der Waals surface area contributed by atoms with Crippen LogP contribution in [0.15, 0.2) is 42.5 Å². The van der Waals surface area contributed by atoms with Crippen LogP contribution in [0, 0.1) is 0 Å². The van der Waals surface area contributed by atoms with Gasteiger partial charge in [-0.3, -0.25) is 4.79 Å². The molecule has 1 amide bonds. The number of rotatable bonds is 4. The number of hydrogen-bond acceptors (Lipinski definition) is 3. The molecule has 1 atom stereocenters. The Kier molecular flexibility index (Phi) is 4.44. The Hall–Kier alpha value is -2.20. The summed E-state index contributed by atoms with van der Waals surface area (Å²) in [5.41, 5.74) is 2.40. The van der Waals surface area contributed by atoms with Crippen molar-refractivity contribution in [3.05, 3.63) is 58.6 Å². The largest absolute Gasteiger partial charge is 0.497 e. The molecule has 0 aromatic heterocycles. The van der Waals surface area contributed by atoms with Crippen LogP contribution in [0.3, 0.4) is 0 Å². The molecule has 1 heterocycles. The standard InChI is InChI=1S/C18H19ClN2O2/c1-3-9-21-17(12-5-4-6-14(10-12)23-2)20-16-11-13(19)7-8-15(16)18(21)22/h4-8,10-11,17,20H,3,9H2,1-2H3. The molecular formula is C18H19ClN2O2. The molecule has 0 fully saturated rings. The summed E-state index contributed by atoms with van der Waals surface area (Å²) in [5, 5.41) is 4.04. The highest BCUT2D eigenvalue weighted by atomic mass is 35.5. The van der Waals surface area contributed by atoms with Crippen molar-refractivity contribution in [3.8, 4) is 5.75 Å². The van der Waals surface area contributed by atoms with Crippen LogP contribution >= 0.6 is 11.6 Å². The molecule has 3 rings (SSSR count). The van der Waals surface area contributed by atoms with Crippen LogP contribution in [0.1, 0.15) is 35.4 Å². The molecule has 0 spiro atoms. The van der Waals surface area contributed by atoms with Gasteiger partial charge in [0.25, 0.3) is 5.91 Å². The van der Waals surface area contributed by atoms with Crippen molar-refractivity contribution in [3.63, 3.8) is 0 Å².